The van der Waals surface area contributed by atoms with Gasteiger partial charge in [0.25, 0.3) is 5.91 Å². The van der Waals surface area contributed by atoms with Gasteiger partial charge in [-0.15, -0.1) is 0 Å². The van der Waals surface area contributed by atoms with E-state index in [0.717, 1.165) is 0 Å². The number of carbonyl (C=O) groups excluding carboxylic acids is 1. The van der Waals surface area contributed by atoms with E-state index < -0.39 is 6.10 Å². The van der Waals surface area contributed by atoms with Gasteiger partial charge in [-0.05, 0) is 18.6 Å². The van der Waals surface area contributed by atoms with E-state index >= 15 is 0 Å². The maximum atomic E-state index is 11.5. The summed E-state index contributed by atoms with van der Waals surface area (Å²) in [5.74, 6) is -0.210. The molecule has 17 heavy (non-hydrogen) atoms. The number of amides is 1. The molecule has 0 fully saturated rings. The highest BCUT2D eigenvalue weighted by molar-refractivity contribution is 5.93. The van der Waals surface area contributed by atoms with Crippen LogP contribution in [-0.2, 0) is 0 Å². The molecule has 1 atom stereocenters. The predicted molar refractivity (Wildman–Crippen MR) is 59.3 cm³/mol. The minimum absolute atomic E-state index is 0.210. The topological polar surface area (TPSA) is 75.6 Å². The van der Waals surface area contributed by atoms with Crippen molar-refractivity contribution in [2.75, 3.05) is 6.54 Å². The number of hydrogen-bond donors (Lipinski definition) is 2. The molecule has 0 unspecified atom stereocenters. The summed E-state index contributed by atoms with van der Waals surface area (Å²) in [5.41, 5.74) is 1.19. The number of furan rings is 2. The van der Waals surface area contributed by atoms with Crippen molar-refractivity contribution < 1.29 is 18.7 Å². The van der Waals surface area contributed by atoms with Gasteiger partial charge in [-0.25, -0.2) is 0 Å². The molecular weight excluding hydrogens is 222 g/mol. The Morgan fingerprint density at radius 3 is 2.71 bits per heavy atom. The lowest BCUT2D eigenvalue weighted by molar-refractivity contribution is 0.0942. The van der Waals surface area contributed by atoms with Gasteiger partial charge >= 0.3 is 0 Å². The summed E-state index contributed by atoms with van der Waals surface area (Å²) < 4.78 is 9.66. The van der Waals surface area contributed by atoms with Gasteiger partial charge in [0.2, 0.25) is 0 Å². The van der Waals surface area contributed by atoms with Gasteiger partial charge in [-0.1, -0.05) is 0 Å². The highest BCUT2D eigenvalue weighted by atomic mass is 16.3. The van der Waals surface area contributed by atoms with Gasteiger partial charge in [-0.3, -0.25) is 4.79 Å². The zero-order valence-corrected chi connectivity index (χ0v) is 9.13. The normalized spacial score (nSPS) is 12.3. The van der Waals surface area contributed by atoms with E-state index in [-0.39, 0.29) is 5.91 Å². The molecule has 0 saturated heterocycles. The first-order valence-electron chi connectivity index (χ1n) is 5.28. The van der Waals surface area contributed by atoms with Crippen LogP contribution >= 0.6 is 0 Å². The molecule has 0 spiro atoms. The zero-order chi connectivity index (χ0) is 12.1. The molecule has 2 N–H and O–H groups in total. The van der Waals surface area contributed by atoms with E-state index in [9.17, 15) is 9.90 Å². The number of carbonyl (C=O) groups is 1. The number of hydrogen-bond acceptors (Lipinski definition) is 4. The standard InChI is InChI=1S/C12H13NO4/c14-11(9-2-5-16-7-9)1-4-13-12(15)10-3-6-17-8-10/h2-3,5-8,11,14H,1,4H2,(H,13,15)/t11-/m1/s1. The molecule has 0 bridgehead atoms. The molecule has 2 rings (SSSR count). The summed E-state index contributed by atoms with van der Waals surface area (Å²) in [7, 11) is 0. The fourth-order valence-electron chi connectivity index (χ4n) is 1.45. The lowest BCUT2D eigenvalue weighted by Crippen LogP contribution is -2.25. The van der Waals surface area contributed by atoms with Gasteiger partial charge in [0.1, 0.15) is 6.26 Å². The second kappa shape index (κ2) is 5.36. The molecule has 0 saturated carbocycles. The van der Waals surface area contributed by atoms with Gasteiger partial charge in [-0.2, -0.15) is 0 Å². The maximum Gasteiger partial charge on any atom is 0.254 e. The molecular formula is C12H13NO4. The Bertz CT molecular complexity index is 447. The smallest absolute Gasteiger partial charge is 0.254 e. The van der Waals surface area contributed by atoms with Gasteiger partial charge in [0, 0.05) is 12.1 Å². The molecule has 2 aromatic heterocycles. The van der Waals surface area contributed by atoms with Crippen molar-refractivity contribution in [2.45, 2.75) is 12.5 Å². The van der Waals surface area contributed by atoms with Crippen molar-refractivity contribution in [1.82, 2.24) is 5.32 Å². The monoisotopic (exact) mass is 235 g/mol. The Balaban J connectivity index is 1.75. The van der Waals surface area contributed by atoms with Gasteiger partial charge in [0.05, 0.1) is 30.5 Å². The highest BCUT2D eigenvalue weighted by Crippen LogP contribution is 2.15. The van der Waals surface area contributed by atoms with Gasteiger partial charge in [0.15, 0.2) is 0 Å². The zero-order valence-electron chi connectivity index (χ0n) is 9.13. The molecule has 0 aliphatic carbocycles. The minimum Gasteiger partial charge on any atom is -0.472 e. The predicted octanol–water partition coefficient (Wildman–Crippen LogP) is 1.73. The molecule has 90 valence electrons. The fraction of sp³-hybridized carbons (Fsp3) is 0.250. The summed E-state index contributed by atoms with van der Waals surface area (Å²) >= 11 is 0. The average Bonchev–Trinajstić information content (AvgIpc) is 3.02. The molecule has 0 aliphatic rings. The van der Waals surface area contributed by atoms with Crippen molar-refractivity contribution >= 4 is 5.91 Å². The molecule has 1 amide bonds. The fourth-order valence-corrected chi connectivity index (χ4v) is 1.45. The average molecular weight is 235 g/mol. The Morgan fingerprint density at radius 2 is 2.06 bits per heavy atom. The Hall–Kier alpha value is -2.01. The number of nitrogens with one attached hydrogen (secondary N) is 1. The van der Waals surface area contributed by atoms with E-state index in [4.69, 9.17) is 8.83 Å². The summed E-state index contributed by atoms with van der Waals surface area (Å²) in [4.78, 5) is 11.5. The van der Waals surface area contributed by atoms with Crippen molar-refractivity contribution in [1.29, 1.82) is 0 Å². The Labute approximate surface area is 98.0 Å². The SMILES string of the molecule is O=C(NCC[C@@H](O)c1ccoc1)c1ccoc1. The summed E-state index contributed by atoms with van der Waals surface area (Å²) in [6, 6.07) is 3.28. The Morgan fingerprint density at radius 1 is 1.29 bits per heavy atom. The first-order valence-corrected chi connectivity index (χ1v) is 5.28. The second-order valence-corrected chi connectivity index (χ2v) is 3.63. The lowest BCUT2D eigenvalue weighted by atomic mass is 10.1. The number of aliphatic hydroxyl groups excluding tert-OH is 1. The molecule has 5 nitrogen and oxygen atoms in total. The lowest BCUT2D eigenvalue weighted by Gasteiger charge is -2.08. The summed E-state index contributed by atoms with van der Waals surface area (Å²) in [6.07, 6.45) is 5.61. The molecule has 0 aromatic carbocycles. The quantitative estimate of drug-likeness (QED) is 0.827. The first kappa shape index (κ1) is 11.5. The minimum atomic E-state index is -0.626. The second-order valence-electron chi connectivity index (χ2n) is 3.63. The van der Waals surface area contributed by atoms with Crippen LogP contribution in [0.4, 0.5) is 0 Å². The van der Waals surface area contributed by atoms with Crippen LogP contribution in [0.3, 0.4) is 0 Å². The molecule has 5 heteroatoms. The molecule has 0 radical (unpaired) electrons. The summed E-state index contributed by atoms with van der Waals surface area (Å²) in [5, 5.41) is 12.4. The van der Waals surface area contributed by atoms with Crippen molar-refractivity contribution in [3.8, 4) is 0 Å². The largest absolute Gasteiger partial charge is 0.472 e. The van der Waals surface area contributed by atoms with Crippen LogP contribution in [0.25, 0.3) is 0 Å². The highest BCUT2D eigenvalue weighted by Gasteiger charge is 2.10. The third-order valence-electron chi connectivity index (χ3n) is 2.41. The number of aliphatic hydroxyl groups is 1. The summed E-state index contributed by atoms with van der Waals surface area (Å²) in [6.45, 7) is 0.385. The van der Waals surface area contributed by atoms with Crippen molar-refractivity contribution in [3.05, 3.63) is 48.3 Å². The molecule has 2 heterocycles. The van der Waals surface area contributed by atoms with E-state index in [0.29, 0.717) is 24.1 Å². The van der Waals surface area contributed by atoms with Crippen LogP contribution < -0.4 is 5.32 Å². The van der Waals surface area contributed by atoms with E-state index in [1.54, 1.807) is 12.1 Å². The Kier molecular flexibility index (Phi) is 3.62. The third-order valence-corrected chi connectivity index (χ3v) is 2.41. The molecule has 0 aliphatic heterocycles. The maximum absolute atomic E-state index is 11.5. The third kappa shape index (κ3) is 2.98. The van der Waals surface area contributed by atoms with Gasteiger partial charge < -0.3 is 19.3 Å². The van der Waals surface area contributed by atoms with Crippen LogP contribution in [0.2, 0.25) is 0 Å². The molecule has 2 aromatic rings. The van der Waals surface area contributed by atoms with Crippen molar-refractivity contribution in [2.24, 2.45) is 0 Å². The van der Waals surface area contributed by atoms with E-state index in [2.05, 4.69) is 5.32 Å². The first-order chi connectivity index (χ1) is 8.27. The van der Waals surface area contributed by atoms with Crippen LogP contribution in [0.15, 0.2) is 46.0 Å². The van der Waals surface area contributed by atoms with E-state index in [1.165, 1.54) is 25.1 Å². The van der Waals surface area contributed by atoms with Crippen molar-refractivity contribution in [3.63, 3.8) is 0 Å². The van der Waals surface area contributed by atoms with Crippen LogP contribution in [0.5, 0.6) is 0 Å². The number of rotatable bonds is 5. The van der Waals surface area contributed by atoms with Crippen LogP contribution in [0, 0.1) is 0 Å². The van der Waals surface area contributed by atoms with E-state index in [1.807, 2.05) is 0 Å². The van der Waals surface area contributed by atoms with Crippen LogP contribution in [0.1, 0.15) is 28.4 Å². The van der Waals surface area contributed by atoms with Crippen LogP contribution in [-0.4, -0.2) is 17.6 Å².